The van der Waals surface area contributed by atoms with Crippen LogP contribution in [0.5, 0.6) is 0 Å². The first-order valence-electron chi connectivity index (χ1n) is 6.97. The average molecular weight is 291 g/mol. The lowest BCUT2D eigenvalue weighted by Crippen LogP contribution is -2.49. The van der Waals surface area contributed by atoms with Crippen LogP contribution in [-0.2, 0) is 20.9 Å². The molecule has 21 heavy (non-hydrogen) atoms. The van der Waals surface area contributed by atoms with Crippen LogP contribution in [0.1, 0.15) is 25.3 Å². The maximum absolute atomic E-state index is 12.7. The highest BCUT2D eigenvalue weighted by atomic mass is 16.5. The molecule has 2 rings (SSSR count). The highest BCUT2D eigenvalue weighted by molar-refractivity contribution is 5.89. The number of ether oxygens (including phenoxy) is 1. The van der Waals surface area contributed by atoms with E-state index in [1.807, 2.05) is 12.1 Å². The predicted octanol–water partition coefficient (Wildman–Crippen LogP) is 0.652. The monoisotopic (exact) mass is 291 g/mol. The van der Waals surface area contributed by atoms with E-state index in [4.69, 9.17) is 16.2 Å². The molecule has 0 aliphatic carbocycles. The number of nitrogen functional groups attached to an aromatic ring is 1. The first-order chi connectivity index (χ1) is 9.90. The van der Waals surface area contributed by atoms with Crippen molar-refractivity contribution in [2.75, 3.05) is 18.9 Å². The molecule has 0 radical (unpaired) electrons. The Labute approximate surface area is 124 Å². The molecule has 6 nitrogen and oxygen atoms in total. The van der Waals surface area contributed by atoms with Gasteiger partial charge in [0.25, 0.3) is 5.91 Å². The Hall–Kier alpha value is -2.08. The van der Waals surface area contributed by atoms with Gasteiger partial charge in [-0.3, -0.25) is 9.59 Å². The molecule has 2 amide bonds. The number of amides is 2. The summed E-state index contributed by atoms with van der Waals surface area (Å²) in [6.45, 7) is 2.47. The summed E-state index contributed by atoms with van der Waals surface area (Å²) < 4.78 is 5.56. The molecule has 1 fully saturated rings. The minimum atomic E-state index is -0.865. The molecule has 0 bridgehead atoms. The molecule has 1 aliphatic heterocycles. The SMILES string of the molecule is CC1(C(=O)N(CC(N)=O)Cc2cccc(N)c2)CCCO1. The molecular weight excluding hydrogens is 270 g/mol. The molecule has 0 spiro atoms. The van der Waals surface area contributed by atoms with Gasteiger partial charge in [0, 0.05) is 18.8 Å². The van der Waals surface area contributed by atoms with Crippen LogP contribution in [0.15, 0.2) is 24.3 Å². The van der Waals surface area contributed by atoms with E-state index in [2.05, 4.69) is 0 Å². The highest BCUT2D eigenvalue weighted by Crippen LogP contribution is 2.28. The molecule has 6 heteroatoms. The standard InChI is InChI=1S/C15H21N3O3/c1-15(6-3-7-21-15)14(20)18(10-13(17)19)9-11-4-2-5-12(16)8-11/h2,4-5,8H,3,6-7,9-10,16H2,1H3,(H2,17,19). The van der Waals surface area contributed by atoms with Crippen molar-refractivity contribution in [3.63, 3.8) is 0 Å². The van der Waals surface area contributed by atoms with Crippen LogP contribution in [-0.4, -0.2) is 35.5 Å². The van der Waals surface area contributed by atoms with E-state index in [0.29, 0.717) is 18.7 Å². The van der Waals surface area contributed by atoms with E-state index in [1.54, 1.807) is 19.1 Å². The van der Waals surface area contributed by atoms with E-state index in [-0.39, 0.29) is 19.0 Å². The van der Waals surface area contributed by atoms with Crippen LogP contribution >= 0.6 is 0 Å². The summed E-state index contributed by atoms with van der Waals surface area (Å²) in [4.78, 5) is 25.3. The maximum Gasteiger partial charge on any atom is 0.255 e. The third-order valence-corrected chi connectivity index (χ3v) is 3.63. The smallest absolute Gasteiger partial charge is 0.255 e. The van der Waals surface area contributed by atoms with Gasteiger partial charge < -0.3 is 21.1 Å². The third kappa shape index (κ3) is 3.72. The number of nitrogens with zero attached hydrogens (tertiary/aromatic N) is 1. The lowest BCUT2D eigenvalue weighted by Gasteiger charge is -2.30. The van der Waals surface area contributed by atoms with Gasteiger partial charge in [-0.15, -0.1) is 0 Å². The second-order valence-electron chi connectivity index (χ2n) is 5.56. The molecule has 0 aromatic heterocycles. The van der Waals surface area contributed by atoms with E-state index in [0.717, 1.165) is 12.0 Å². The first-order valence-corrected chi connectivity index (χ1v) is 6.97. The van der Waals surface area contributed by atoms with Crippen LogP contribution in [0.25, 0.3) is 0 Å². The minimum Gasteiger partial charge on any atom is -0.399 e. The summed E-state index contributed by atoms with van der Waals surface area (Å²) in [6.07, 6.45) is 1.49. The summed E-state index contributed by atoms with van der Waals surface area (Å²) in [7, 11) is 0. The fraction of sp³-hybridized carbons (Fsp3) is 0.467. The number of hydrogen-bond donors (Lipinski definition) is 2. The summed E-state index contributed by atoms with van der Waals surface area (Å²) >= 11 is 0. The number of nitrogens with two attached hydrogens (primary N) is 2. The van der Waals surface area contributed by atoms with Gasteiger partial charge in [0.2, 0.25) is 5.91 Å². The van der Waals surface area contributed by atoms with Gasteiger partial charge in [-0.05, 0) is 37.5 Å². The van der Waals surface area contributed by atoms with Crippen molar-refractivity contribution in [3.8, 4) is 0 Å². The van der Waals surface area contributed by atoms with Crippen molar-refractivity contribution in [3.05, 3.63) is 29.8 Å². The molecule has 1 aliphatic rings. The summed E-state index contributed by atoms with van der Waals surface area (Å²) in [5.41, 5.74) is 11.6. The molecule has 1 aromatic rings. The quantitative estimate of drug-likeness (QED) is 0.778. The Balaban J connectivity index is 2.17. The van der Waals surface area contributed by atoms with Crippen LogP contribution in [0.2, 0.25) is 0 Å². The number of anilines is 1. The molecule has 114 valence electrons. The van der Waals surface area contributed by atoms with Crippen molar-refractivity contribution < 1.29 is 14.3 Å². The number of primary amides is 1. The fourth-order valence-corrected chi connectivity index (χ4v) is 2.58. The van der Waals surface area contributed by atoms with Gasteiger partial charge in [-0.25, -0.2) is 0 Å². The molecule has 4 N–H and O–H groups in total. The van der Waals surface area contributed by atoms with Crippen molar-refractivity contribution in [1.82, 2.24) is 4.90 Å². The van der Waals surface area contributed by atoms with Gasteiger partial charge in [0.05, 0.1) is 6.54 Å². The Morgan fingerprint density at radius 1 is 1.43 bits per heavy atom. The molecule has 1 saturated heterocycles. The van der Waals surface area contributed by atoms with Gasteiger partial charge >= 0.3 is 0 Å². The van der Waals surface area contributed by atoms with Crippen molar-refractivity contribution in [1.29, 1.82) is 0 Å². The van der Waals surface area contributed by atoms with E-state index >= 15 is 0 Å². The normalized spacial score (nSPS) is 21.2. The van der Waals surface area contributed by atoms with E-state index < -0.39 is 11.5 Å². The Kier molecular flexibility index (Phi) is 4.47. The molecule has 1 unspecified atom stereocenters. The van der Waals surface area contributed by atoms with Gasteiger partial charge in [0.15, 0.2) is 0 Å². The second-order valence-corrected chi connectivity index (χ2v) is 5.56. The fourth-order valence-electron chi connectivity index (χ4n) is 2.58. The average Bonchev–Trinajstić information content (AvgIpc) is 2.85. The largest absolute Gasteiger partial charge is 0.399 e. The molecular formula is C15H21N3O3. The van der Waals surface area contributed by atoms with Crippen LogP contribution in [0.4, 0.5) is 5.69 Å². The van der Waals surface area contributed by atoms with Crippen LogP contribution < -0.4 is 11.5 Å². The molecule has 0 saturated carbocycles. The zero-order valence-electron chi connectivity index (χ0n) is 12.2. The maximum atomic E-state index is 12.7. The van der Waals surface area contributed by atoms with E-state index in [9.17, 15) is 9.59 Å². The number of rotatable bonds is 5. The van der Waals surface area contributed by atoms with Gasteiger partial charge in [-0.2, -0.15) is 0 Å². The second kappa shape index (κ2) is 6.13. The van der Waals surface area contributed by atoms with Gasteiger partial charge in [-0.1, -0.05) is 12.1 Å². The predicted molar refractivity (Wildman–Crippen MR) is 79.1 cm³/mol. The molecule has 1 atom stereocenters. The Bertz CT molecular complexity index is 539. The zero-order chi connectivity index (χ0) is 15.5. The summed E-state index contributed by atoms with van der Waals surface area (Å²) in [6, 6.07) is 7.21. The lowest BCUT2D eigenvalue weighted by atomic mass is 10.0. The number of hydrogen-bond acceptors (Lipinski definition) is 4. The number of benzene rings is 1. The topological polar surface area (TPSA) is 98.7 Å². The summed E-state index contributed by atoms with van der Waals surface area (Å²) in [5, 5.41) is 0. The first kappa shape index (κ1) is 15.3. The van der Waals surface area contributed by atoms with Gasteiger partial charge in [0.1, 0.15) is 5.60 Å². The lowest BCUT2D eigenvalue weighted by molar-refractivity contribution is -0.153. The Morgan fingerprint density at radius 3 is 2.76 bits per heavy atom. The van der Waals surface area contributed by atoms with Crippen molar-refractivity contribution in [2.24, 2.45) is 5.73 Å². The third-order valence-electron chi connectivity index (χ3n) is 3.63. The minimum absolute atomic E-state index is 0.132. The number of carbonyl (C=O) groups is 2. The molecule has 1 aromatic carbocycles. The van der Waals surface area contributed by atoms with E-state index in [1.165, 1.54) is 4.90 Å². The number of carbonyl (C=O) groups excluding carboxylic acids is 2. The van der Waals surface area contributed by atoms with Crippen molar-refractivity contribution in [2.45, 2.75) is 31.9 Å². The summed E-state index contributed by atoms with van der Waals surface area (Å²) in [5.74, 6) is -0.755. The van der Waals surface area contributed by atoms with Crippen molar-refractivity contribution >= 4 is 17.5 Å². The Morgan fingerprint density at radius 2 is 2.19 bits per heavy atom. The zero-order valence-corrected chi connectivity index (χ0v) is 12.2. The van der Waals surface area contributed by atoms with Crippen LogP contribution in [0, 0.1) is 0 Å². The molecule has 1 heterocycles. The highest BCUT2D eigenvalue weighted by Gasteiger charge is 2.40. The van der Waals surface area contributed by atoms with Crippen LogP contribution in [0.3, 0.4) is 0 Å².